The number of amides is 1. The number of likely N-dealkylation sites (tertiary alicyclic amines) is 1. The number of nitrogens with zero attached hydrogens (tertiary/aromatic N) is 2. The zero-order valence-electron chi connectivity index (χ0n) is 15.1. The van der Waals surface area contributed by atoms with Gasteiger partial charge in [0.1, 0.15) is 11.8 Å². The van der Waals surface area contributed by atoms with Crippen molar-refractivity contribution in [3.63, 3.8) is 0 Å². The van der Waals surface area contributed by atoms with Crippen LogP contribution in [0, 0.1) is 17.8 Å². The van der Waals surface area contributed by atoms with Gasteiger partial charge in [-0.05, 0) is 37.0 Å². The molecular formula is C20H24N2O4. The molecule has 2 saturated carbocycles. The summed E-state index contributed by atoms with van der Waals surface area (Å²) in [5.74, 6) is -1.74. The Morgan fingerprint density at radius 3 is 2.31 bits per heavy atom. The number of carboxylic acid groups (broad SMARTS) is 1. The summed E-state index contributed by atoms with van der Waals surface area (Å²) in [6, 6.07) is 6.42. The van der Waals surface area contributed by atoms with Crippen LogP contribution < -0.4 is 4.90 Å². The van der Waals surface area contributed by atoms with Crippen LogP contribution in [0.2, 0.25) is 0 Å². The van der Waals surface area contributed by atoms with E-state index in [-0.39, 0.29) is 23.5 Å². The highest BCUT2D eigenvalue weighted by atomic mass is 16.4. The minimum atomic E-state index is -0.990. The summed E-state index contributed by atoms with van der Waals surface area (Å²) in [5.41, 5.74) is 1.88. The standard InChI is InChI=1S/C20H24N2O4/c1-21(2)13-7-5-11(6-8-13)17-16-14(9-10-15(16)23)18(20(25)26)22(17)19(24)12-3-4-12/h5-8,12,14,16-18H,3-4,9-10H2,1-2H3,(H,25,26). The maximum atomic E-state index is 13.0. The topological polar surface area (TPSA) is 77.9 Å². The second-order valence-corrected chi connectivity index (χ2v) is 7.93. The third-order valence-electron chi connectivity index (χ3n) is 6.09. The minimum Gasteiger partial charge on any atom is -0.480 e. The molecule has 1 aromatic carbocycles. The zero-order chi connectivity index (χ0) is 18.6. The van der Waals surface area contributed by atoms with Crippen molar-refractivity contribution in [2.75, 3.05) is 19.0 Å². The van der Waals surface area contributed by atoms with Crippen LogP contribution in [-0.2, 0) is 14.4 Å². The van der Waals surface area contributed by atoms with Crippen LogP contribution in [0.3, 0.4) is 0 Å². The van der Waals surface area contributed by atoms with Gasteiger partial charge in [0.2, 0.25) is 5.91 Å². The largest absolute Gasteiger partial charge is 0.480 e. The Morgan fingerprint density at radius 1 is 1.12 bits per heavy atom. The lowest BCUT2D eigenvalue weighted by atomic mass is 9.86. The second kappa shape index (κ2) is 6.11. The maximum Gasteiger partial charge on any atom is 0.326 e. The van der Waals surface area contributed by atoms with Gasteiger partial charge in [0.15, 0.2) is 0 Å². The highest BCUT2D eigenvalue weighted by Gasteiger charge is 2.60. The van der Waals surface area contributed by atoms with Crippen LogP contribution in [-0.4, -0.2) is 47.8 Å². The quantitative estimate of drug-likeness (QED) is 0.894. The first-order valence-electron chi connectivity index (χ1n) is 9.25. The predicted molar refractivity (Wildman–Crippen MR) is 95.7 cm³/mol. The Morgan fingerprint density at radius 2 is 1.77 bits per heavy atom. The monoisotopic (exact) mass is 356 g/mol. The summed E-state index contributed by atoms with van der Waals surface area (Å²) in [4.78, 5) is 41.1. The number of Topliss-reactive ketones (excluding diaryl/α,β-unsaturated/α-hetero) is 1. The fourth-order valence-corrected chi connectivity index (χ4v) is 4.67. The average molecular weight is 356 g/mol. The summed E-state index contributed by atoms with van der Waals surface area (Å²) in [5, 5.41) is 9.84. The van der Waals surface area contributed by atoms with Crippen LogP contribution in [0.4, 0.5) is 5.69 Å². The Hall–Kier alpha value is -2.37. The van der Waals surface area contributed by atoms with Gasteiger partial charge in [-0.25, -0.2) is 4.79 Å². The van der Waals surface area contributed by atoms with E-state index in [0.717, 1.165) is 24.1 Å². The van der Waals surface area contributed by atoms with E-state index >= 15 is 0 Å². The summed E-state index contributed by atoms with van der Waals surface area (Å²) in [6.45, 7) is 0. The molecule has 0 bridgehead atoms. The Kier molecular flexibility index (Phi) is 4.01. The molecule has 0 radical (unpaired) electrons. The molecule has 3 fully saturated rings. The second-order valence-electron chi connectivity index (χ2n) is 7.93. The lowest BCUT2D eigenvalue weighted by molar-refractivity contribution is -0.151. The fourth-order valence-electron chi connectivity index (χ4n) is 4.67. The molecule has 1 aliphatic heterocycles. The molecule has 1 amide bonds. The summed E-state index contributed by atoms with van der Waals surface area (Å²) in [6.07, 6.45) is 2.60. The molecular weight excluding hydrogens is 332 g/mol. The van der Waals surface area contributed by atoms with Crippen molar-refractivity contribution in [2.24, 2.45) is 17.8 Å². The zero-order valence-corrected chi connectivity index (χ0v) is 15.1. The van der Waals surface area contributed by atoms with E-state index in [4.69, 9.17) is 0 Å². The van der Waals surface area contributed by atoms with Gasteiger partial charge in [-0.3, -0.25) is 9.59 Å². The molecule has 0 aromatic heterocycles. The highest BCUT2D eigenvalue weighted by molar-refractivity contribution is 5.93. The van der Waals surface area contributed by atoms with E-state index in [1.54, 1.807) is 0 Å². The number of benzene rings is 1. The van der Waals surface area contributed by atoms with Gasteiger partial charge in [0.25, 0.3) is 0 Å². The molecule has 1 N–H and O–H groups in total. The van der Waals surface area contributed by atoms with Crippen molar-refractivity contribution in [1.82, 2.24) is 4.90 Å². The van der Waals surface area contributed by atoms with Crippen LogP contribution in [0.5, 0.6) is 0 Å². The lowest BCUT2D eigenvalue weighted by Gasteiger charge is -2.31. The molecule has 4 atom stereocenters. The molecule has 1 aromatic rings. The molecule has 1 saturated heterocycles. The van der Waals surface area contributed by atoms with Gasteiger partial charge < -0.3 is 14.9 Å². The smallest absolute Gasteiger partial charge is 0.326 e. The van der Waals surface area contributed by atoms with Gasteiger partial charge >= 0.3 is 5.97 Å². The third kappa shape index (κ3) is 2.59. The molecule has 0 spiro atoms. The van der Waals surface area contributed by atoms with Crippen LogP contribution in [0.25, 0.3) is 0 Å². The van der Waals surface area contributed by atoms with E-state index in [1.807, 2.05) is 43.3 Å². The molecule has 2 aliphatic carbocycles. The normalized spacial score (nSPS) is 30.4. The number of anilines is 1. The molecule has 26 heavy (non-hydrogen) atoms. The van der Waals surface area contributed by atoms with Crippen molar-refractivity contribution in [3.05, 3.63) is 29.8 Å². The summed E-state index contributed by atoms with van der Waals surface area (Å²) >= 11 is 0. The van der Waals surface area contributed by atoms with Crippen molar-refractivity contribution >= 4 is 23.3 Å². The van der Waals surface area contributed by atoms with E-state index in [0.29, 0.717) is 12.8 Å². The van der Waals surface area contributed by atoms with Crippen molar-refractivity contribution in [1.29, 1.82) is 0 Å². The maximum absolute atomic E-state index is 13.0. The Bertz CT molecular complexity index is 754. The number of rotatable bonds is 4. The molecule has 4 unspecified atom stereocenters. The first kappa shape index (κ1) is 17.1. The molecule has 1 heterocycles. The average Bonchev–Trinajstić information content (AvgIpc) is 3.31. The van der Waals surface area contributed by atoms with Crippen molar-refractivity contribution in [2.45, 2.75) is 37.8 Å². The van der Waals surface area contributed by atoms with Crippen LogP contribution in [0.15, 0.2) is 24.3 Å². The Balaban J connectivity index is 1.78. The van der Waals surface area contributed by atoms with E-state index < -0.39 is 24.0 Å². The lowest BCUT2D eigenvalue weighted by Crippen LogP contribution is -2.45. The van der Waals surface area contributed by atoms with Crippen LogP contribution >= 0.6 is 0 Å². The molecule has 6 heteroatoms. The molecule has 3 aliphatic rings. The number of carbonyl (C=O) groups excluding carboxylic acids is 2. The van der Waals surface area contributed by atoms with Crippen molar-refractivity contribution < 1.29 is 19.5 Å². The number of ketones is 1. The Labute approximate surface area is 152 Å². The molecule has 4 rings (SSSR count). The van der Waals surface area contributed by atoms with Crippen molar-refractivity contribution in [3.8, 4) is 0 Å². The first-order chi connectivity index (χ1) is 12.4. The van der Waals surface area contributed by atoms with E-state index in [2.05, 4.69) is 0 Å². The number of fused-ring (bicyclic) bond motifs is 1. The summed E-state index contributed by atoms with van der Waals surface area (Å²) in [7, 11) is 3.90. The van der Waals surface area contributed by atoms with Gasteiger partial charge in [0, 0.05) is 44.0 Å². The molecule has 138 valence electrons. The van der Waals surface area contributed by atoms with Gasteiger partial charge in [0.05, 0.1) is 6.04 Å². The summed E-state index contributed by atoms with van der Waals surface area (Å²) < 4.78 is 0. The first-order valence-corrected chi connectivity index (χ1v) is 9.25. The third-order valence-corrected chi connectivity index (χ3v) is 6.09. The van der Waals surface area contributed by atoms with Gasteiger partial charge in [-0.1, -0.05) is 12.1 Å². The van der Waals surface area contributed by atoms with Gasteiger partial charge in [-0.15, -0.1) is 0 Å². The SMILES string of the molecule is CN(C)c1ccc(C2C3C(=O)CCC3C(C(=O)O)N2C(=O)C2CC2)cc1. The van der Waals surface area contributed by atoms with E-state index in [9.17, 15) is 19.5 Å². The predicted octanol–water partition coefficient (Wildman–Crippen LogP) is 2.09. The number of carboxylic acids is 1. The number of hydrogen-bond acceptors (Lipinski definition) is 4. The highest BCUT2D eigenvalue weighted by Crippen LogP contribution is 2.53. The van der Waals surface area contributed by atoms with E-state index in [1.165, 1.54) is 4.90 Å². The number of carbonyl (C=O) groups is 3. The number of aliphatic carboxylic acids is 1. The fraction of sp³-hybridized carbons (Fsp3) is 0.550. The minimum absolute atomic E-state index is 0.0747. The van der Waals surface area contributed by atoms with Crippen LogP contribution in [0.1, 0.15) is 37.3 Å². The van der Waals surface area contributed by atoms with Gasteiger partial charge in [-0.2, -0.15) is 0 Å². The number of hydrogen-bond donors (Lipinski definition) is 1. The molecule has 6 nitrogen and oxygen atoms in total.